The van der Waals surface area contributed by atoms with Gasteiger partial charge in [-0.3, -0.25) is 0 Å². The summed E-state index contributed by atoms with van der Waals surface area (Å²) in [4.78, 5) is 0. The maximum Gasteiger partial charge on any atom is 0.0679 e. The molecule has 0 saturated carbocycles. The van der Waals surface area contributed by atoms with E-state index in [1.54, 1.807) is 0 Å². The summed E-state index contributed by atoms with van der Waals surface area (Å²) in [6, 6.07) is 0. The van der Waals surface area contributed by atoms with Gasteiger partial charge in [0.2, 0.25) is 0 Å². The highest BCUT2D eigenvalue weighted by molar-refractivity contribution is 6.80. The molecule has 0 aliphatic carbocycles. The Balaban J connectivity index is 3.56. The van der Waals surface area contributed by atoms with Crippen LogP contribution in [0.2, 0.25) is 19.6 Å². The lowest BCUT2D eigenvalue weighted by molar-refractivity contribution is 1.78. The molecule has 0 aromatic carbocycles. The lowest BCUT2D eigenvalue weighted by Gasteiger charge is -2.04. The van der Waals surface area contributed by atoms with Gasteiger partial charge in [0.15, 0.2) is 0 Å². The van der Waals surface area contributed by atoms with Crippen LogP contribution in [0, 0.1) is 0 Å². The molecular weight excluding hydrogens is 88.1 g/mol. The largest absolute Gasteiger partial charge is 0.107 e. The summed E-state index contributed by atoms with van der Waals surface area (Å²) >= 11 is 0. The molecule has 0 N–H and O–H groups in total. The topological polar surface area (TPSA) is 0 Å². The summed E-state index contributed by atoms with van der Waals surface area (Å²) in [5.74, 6) is 0. The quantitative estimate of drug-likeness (QED) is 0.443. The van der Waals surface area contributed by atoms with E-state index in [4.69, 9.17) is 1.37 Å². The van der Waals surface area contributed by atoms with Crippen molar-refractivity contribution < 1.29 is 1.37 Å². The summed E-state index contributed by atoms with van der Waals surface area (Å²) in [6.45, 7) is 8.01. The Hall–Kier alpha value is -0.0431. The van der Waals surface area contributed by atoms with Gasteiger partial charge in [0.1, 0.15) is 0 Å². The van der Waals surface area contributed by atoms with Gasteiger partial charge in [0, 0.05) is 0 Å². The highest BCUT2D eigenvalue weighted by Crippen LogP contribution is 1.98. The number of hydrogen-bond donors (Lipinski definition) is 0. The zero-order valence-corrected chi connectivity index (χ0v) is 5.65. The maximum absolute atomic E-state index is 6.71. The lowest BCUT2D eigenvalue weighted by Crippen LogP contribution is -2.14. The Bertz CT molecular complexity index is 70.6. The lowest BCUT2D eigenvalue weighted by atomic mass is 11.3. The average molecular weight is 101 g/mol. The van der Waals surface area contributed by atoms with Gasteiger partial charge in [0.25, 0.3) is 0 Å². The van der Waals surface area contributed by atoms with Crippen molar-refractivity contribution in [1.82, 2.24) is 0 Å². The van der Waals surface area contributed by atoms with Crippen molar-refractivity contribution in [2.75, 3.05) is 0 Å². The van der Waals surface area contributed by atoms with E-state index in [2.05, 4.69) is 19.6 Å². The molecule has 0 aromatic heterocycles. The highest BCUT2D eigenvalue weighted by Gasteiger charge is 2.03. The molecule has 0 spiro atoms. The fraction of sp³-hybridized carbons (Fsp3) is 0.600. The summed E-state index contributed by atoms with van der Waals surface area (Å²) in [5.41, 5.74) is 1.99. The van der Waals surface area contributed by atoms with E-state index in [-0.39, 0.29) is 0 Å². The van der Waals surface area contributed by atoms with Gasteiger partial charge in [0.05, 0.1) is 9.44 Å². The molecule has 0 heterocycles. The van der Waals surface area contributed by atoms with Crippen molar-refractivity contribution in [2.45, 2.75) is 19.6 Å². The van der Waals surface area contributed by atoms with Crippen LogP contribution in [0.4, 0.5) is 0 Å². The molecule has 0 aromatic rings. The summed E-state index contributed by atoms with van der Waals surface area (Å²) in [7, 11) is -1.03. The normalized spacial score (nSPS) is 15.5. The van der Waals surface area contributed by atoms with E-state index in [0.29, 0.717) is 0 Å². The van der Waals surface area contributed by atoms with Gasteiger partial charge in [-0.05, 0) is 0 Å². The van der Waals surface area contributed by atoms with Gasteiger partial charge >= 0.3 is 0 Å². The molecule has 6 heavy (non-hydrogen) atoms. The number of rotatable bonds is 1. The molecule has 1 heteroatoms. The van der Waals surface area contributed by atoms with Crippen molar-refractivity contribution in [3.63, 3.8) is 0 Å². The van der Waals surface area contributed by atoms with Crippen LogP contribution in [-0.4, -0.2) is 8.07 Å². The minimum absolute atomic E-state index is 1.03. The van der Waals surface area contributed by atoms with Crippen LogP contribution in [0.15, 0.2) is 12.3 Å². The molecule has 0 nitrogen and oxygen atoms in total. The molecule has 0 aliphatic rings. The maximum atomic E-state index is 6.71. The van der Waals surface area contributed by atoms with Crippen molar-refractivity contribution >= 4 is 8.07 Å². The molecular formula is C5H12Si. The van der Waals surface area contributed by atoms with Crippen LogP contribution in [-0.2, 0) is 0 Å². The Morgan fingerprint density at radius 3 is 2.17 bits per heavy atom. The monoisotopic (exact) mass is 101 g/mol. The first-order valence-corrected chi connectivity index (χ1v) is 5.70. The first kappa shape index (κ1) is 4.12. The smallest absolute Gasteiger partial charge is 0.0679 e. The summed E-state index contributed by atoms with van der Waals surface area (Å²) in [6.07, 6.45) is 0. The molecule has 0 saturated heterocycles. The van der Waals surface area contributed by atoms with Gasteiger partial charge in [-0.1, -0.05) is 19.6 Å². The van der Waals surface area contributed by atoms with Gasteiger partial charge in [-0.2, -0.15) is 0 Å². The fourth-order valence-corrected chi connectivity index (χ4v) is 0. The first-order valence-electron chi connectivity index (χ1n) is 2.70. The highest BCUT2D eigenvalue weighted by atomic mass is 28.3. The third kappa shape index (κ3) is 3.96. The Morgan fingerprint density at radius 1 is 1.67 bits per heavy atom. The van der Waals surface area contributed by atoms with Gasteiger partial charge in [-0.15, -0.1) is 12.3 Å². The predicted octanol–water partition coefficient (Wildman–Crippen LogP) is 2.05. The van der Waals surface area contributed by atoms with Crippen LogP contribution in [0.5, 0.6) is 0 Å². The van der Waals surface area contributed by atoms with Crippen LogP contribution in [0.25, 0.3) is 0 Å². The second-order valence-electron chi connectivity index (χ2n) is 2.53. The first-order chi connectivity index (χ1) is 3.06. The van der Waals surface area contributed by atoms with Crippen LogP contribution in [0.1, 0.15) is 1.37 Å². The van der Waals surface area contributed by atoms with E-state index in [1.165, 1.54) is 6.55 Å². The summed E-state index contributed by atoms with van der Waals surface area (Å²) in [5, 5.41) is 0. The molecule has 0 fully saturated rings. The zero-order valence-electron chi connectivity index (χ0n) is 5.65. The molecule has 0 unspecified atom stereocenters. The van der Waals surface area contributed by atoms with E-state index in [1.807, 2.05) is 5.70 Å². The SMILES string of the molecule is [2H]C=C[Si](C)(C)C. The van der Waals surface area contributed by atoms with Crippen molar-refractivity contribution in [3.05, 3.63) is 12.3 Å². The third-order valence-corrected chi connectivity index (χ3v) is 1.50. The Labute approximate surface area is 42.3 Å². The second-order valence-corrected chi connectivity index (χ2v) is 7.60. The Kier molecular flexibility index (Phi) is 1.10. The van der Waals surface area contributed by atoms with Crippen molar-refractivity contribution in [3.8, 4) is 0 Å². The zero-order chi connectivity index (χ0) is 5.91. The van der Waals surface area contributed by atoms with E-state index < -0.39 is 8.07 Å². The molecule has 0 radical (unpaired) electrons. The fourth-order valence-electron chi connectivity index (χ4n) is 0. The van der Waals surface area contributed by atoms with Crippen LogP contribution >= 0.6 is 0 Å². The van der Waals surface area contributed by atoms with Crippen LogP contribution in [0.3, 0.4) is 0 Å². The summed E-state index contributed by atoms with van der Waals surface area (Å²) < 4.78 is 6.71. The van der Waals surface area contributed by atoms with Gasteiger partial charge < -0.3 is 0 Å². The third-order valence-electron chi connectivity index (χ3n) is 0.500. The minimum atomic E-state index is -1.03. The molecule has 36 valence electrons. The van der Waals surface area contributed by atoms with Crippen molar-refractivity contribution in [1.29, 1.82) is 0 Å². The molecule has 0 atom stereocenters. The standard InChI is InChI=1S/C5H12Si/c1-5-6(2,3)4/h5H,1H2,2-4H3/i1D. The van der Waals surface area contributed by atoms with E-state index >= 15 is 0 Å². The minimum Gasteiger partial charge on any atom is -0.107 e. The molecule has 0 aliphatic heterocycles. The van der Waals surface area contributed by atoms with Crippen molar-refractivity contribution in [2.24, 2.45) is 0 Å². The van der Waals surface area contributed by atoms with Crippen LogP contribution < -0.4 is 0 Å². The molecule has 0 amide bonds. The molecule has 0 bridgehead atoms. The molecule has 0 rings (SSSR count). The van der Waals surface area contributed by atoms with Gasteiger partial charge in [-0.25, -0.2) is 0 Å². The van der Waals surface area contributed by atoms with E-state index in [9.17, 15) is 0 Å². The Morgan fingerprint density at radius 2 is 2.17 bits per heavy atom. The predicted molar refractivity (Wildman–Crippen MR) is 33.5 cm³/mol. The van der Waals surface area contributed by atoms with E-state index in [0.717, 1.165) is 0 Å². The average Bonchev–Trinajstić information content (AvgIpc) is 1.30. The second kappa shape index (κ2) is 1.60. The number of hydrogen-bond acceptors (Lipinski definition) is 0.